The van der Waals surface area contributed by atoms with Crippen LogP contribution in [0.25, 0.3) is 0 Å². The first kappa shape index (κ1) is 30.1. The molecular weight excluding hydrogens is 480 g/mol. The van der Waals surface area contributed by atoms with Crippen LogP contribution in [-0.2, 0) is 19.0 Å². The summed E-state index contributed by atoms with van der Waals surface area (Å²) in [5, 5.41) is 36.4. The number of carbonyl (C=O) groups excluding carboxylic acids is 1. The van der Waals surface area contributed by atoms with Gasteiger partial charge in [-0.05, 0) is 25.7 Å². The Morgan fingerprint density at radius 3 is 2.71 bits per heavy atom. The quantitative estimate of drug-likeness (QED) is 0.181. The van der Waals surface area contributed by atoms with Crippen molar-refractivity contribution in [3.05, 3.63) is 0 Å². The van der Waals surface area contributed by atoms with Crippen LogP contribution < -0.4 is 10.6 Å². The van der Waals surface area contributed by atoms with Gasteiger partial charge >= 0.3 is 0 Å². The zero-order chi connectivity index (χ0) is 25.1. The molecule has 200 valence electrons. The number of rotatable bonds is 14. The van der Waals surface area contributed by atoms with E-state index in [2.05, 4.69) is 30.2 Å². The Balaban J connectivity index is 1.86. The Kier molecular flexibility index (Phi) is 14.1. The lowest BCUT2D eigenvalue weighted by molar-refractivity contribution is -0.281. The number of thiol groups is 1. The maximum Gasteiger partial charge on any atom is 0.220 e. The highest BCUT2D eigenvalue weighted by Gasteiger charge is 2.38. The summed E-state index contributed by atoms with van der Waals surface area (Å²) in [7, 11) is 0. The molecule has 9 nitrogen and oxygen atoms in total. The largest absolute Gasteiger partial charge is 0.394 e. The van der Waals surface area contributed by atoms with Gasteiger partial charge in [0.1, 0.15) is 12.2 Å². The standard InChI is InChI=1S/C23H44N2O7S2/c1-14(2)8-22(29)25-18(15(3)24-6-7-33)13-34-12-17-4-5-19(28)23(31-17)32-20-9-16(27)11-30-21(20)10-26/h14-21,23-24,26-28,33H,4-13H2,1-3H3,(H,25,29)/t15?,16?,17?,18-,19?,20+,21?,23-/m1/s1. The summed E-state index contributed by atoms with van der Waals surface area (Å²) >= 11 is 5.96. The van der Waals surface area contributed by atoms with Gasteiger partial charge in [0.25, 0.3) is 0 Å². The van der Waals surface area contributed by atoms with E-state index in [4.69, 9.17) is 14.2 Å². The van der Waals surface area contributed by atoms with Crippen molar-refractivity contribution in [2.24, 2.45) is 5.92 Å². The van der Waals surface area contributed by atoms with Crippen molar-refractivity contribution < 1.29 is 34.3 Å². The maximum atomic E-state index is 12.4. The number of carbonyl (C=O) groups is 1. The van der Waals surface area contributed by atoms with Crippen LogP contribution in [0, 0.1) is 5.92 Å². The zero-order valence-corrected chi connectivity index (χ0v) is 22.3. The van der Waals surface area contributed by atoms with Crippen molar-refractivity contribution >= 4 is 30.3 Å². The second kappa shape index (κ2) is 15.9. The highest BCUT2D eigenvalue weighted by molar-refractivity contribution is 7.99. The Bertz CT molecular complexity index is 590. The van der Waals surface area contributed by atoms with E-state index < -0.39 is 30.7 Å². The molecule has 0 bridgehead atoms. The molecule has 0 radical (unpaired) electrons. The van der Waals surface area contributed by atoms with Gasteiger partial charge in [-0.2, -0.15) is 24.4 Å². The Hall–Kier alpha value is -0.110. The van der Waals surface area contributed by atoms with Gasteiger partial charge in [0.2, 0.25) is 5.91 Å². The predicted octanol–water partition coefficient (Wildman–Crippen LogP) is 0.552. The molecule has 1 amide bonds. The highest BCUT2D eigenvalue weighted by Crippen LogP contribution is 2.27. The van der Waals surface area contributed by atoms with Crippen LogP contribution in [0.4, 0.5) is 0 Å². The first-order valence-corrected chi connectivity index (χ1v) is 14.1. The lowest BCUT2D eigenvalue weighted by Gasteiger charge is -2.39. The normalized spacial score (nSPS) is 31.9. The summed E-state index contributed by atoms with van der Waals surface area (Å²) in [6.07, 6.45) is -1.38. The summed E-state index contributed by atoms with van der Waals surface area (Å²) in [6.45, 7) is 6.84. The van der Waals surface area contributed by atoms with Gasteiger partial charge in [-0.15, -0.1) is 0 Å². The molecule has 34 heavy (non-hydrogen) atoms. The number of nitrogens with one attached hydrogen (secondary N) is 2. The van der Waals surface area contributed by atoms with Crippen LogP contribution in [0.5, 0.6) is 0 Å². The number of amides is 1. The highest BCUT2D eigenvalue weighted by atomic mass is 32.2. The van der Waals surface area contributed by atoms with Gasteiger partial charge in [-0.1, -0.05) is 13.8 Å². The van der Waals surface area contributed by atoms with Crippen LogP contribution in [0.1, 0.15) is 46.5 Å². The molecule has 0 spiro atoms. The molecular formula is C23H44N2O7S2. The van der Waals surface area contributed by atoms with Gasteiger partial charge < -0.3 is 40.2 Å². The molecule has 0 aromatic carbocycles. The Morgan fingerprint density at radius 1 is 1.26 bits per heavy atom. The van der Waals surface area contributed by atoms with E-state index in [1.54, 1.807) is 11.8 Å². The molecule has 5 unspecified atom stereocenters. The molecule has 2 saturated heterocycles. The van der Waals surface area contributed by atoms with E-state index in [9.17, 15) is 20.1 Å². The summed E-state index contributed by atoms with van der Waals surface area (Å²) < 4.78 is 17.4. The smallest absolute Gasteiger partial charge is 0.220 e. The van der Waals surface area contributed by atoms with Crippen LogP contribution in [0.2, 0.25) is 0 Å². The summed E-state index contributed by atoms with van der Waals surface area (Å²) in [6, 6.07) is 0.0811. The molecule has 5 N–H and O–H groups in total. The molecule has 2 fully saturated rings. The molecule has 2 rings (SSSR count). The number of ether oxygens (including phenoxy) is 3. The second-order valence-corrected chi connectivity index (χ2v) is 11.2. The third-order valence-corrected chi connectivity index (χ3v) is 7.48. The van der Waals surface area contributed by atoms with Crippen LogP contribution >= 0.6 is 24.4 Å². The first-order chi connectivity index (χ1) is 16.2. The lowest BCUT2D eigenvalue weighted by Crippen LogP contribution is -2.51. The van der Waals surface area contributed by atoms with Gasteiger partial charge in [-0.25, -0.2) is 0 Å². The van der Waals surface area contributed by atoms with E-state index in [0.29, 0.717) is 37.4 Å². The lowest BCUT2D eigenvalue weighted by atomic mass is 10.0. The van der Waals surface area contributed by atoms with Crippen LogP contribution in [0.15, 0.2) is 0 Å². The molecule has 8 atom stereocenters. The minimum Gasteiger partial charge on any atom is -0.394 e. The monoisotopic (exact) mass is 524 g/mol. The van der Waals surface area contributed by atoms with E-state index in [-0.39, 0.29) is 37.3 Å². The van der Waals surface area contributed by atoms with Gasteiger partial charge in [-0.3, -0.25) is 4.79 Å². The fourth-order valence-corrected chi connectivity index (χ4v) is 5.51. The third-order valence-electron chi connectivity index (χ3n) is 6.06. The maximum absolute atomic E-state index is 12.4. The molecule has 2 heterocycles. The minimum atomic E-state index is -0.829. The van der Waals surface area contributed by atoms with Crippen molar-refractivity contribution in [1.82, 2.24) is 10.6 Å². The Labute approximate surface area is 213 Å². The fraction of sp³-hybridized carbons (Fsp3) is 0.957. The second-order valence-electron chi connectivity index (χ2n) is 9.67. The minimum absolute atomic E-state index is 0.0245. The first-order valence-electron chi connectivity index (χ1n) is 12.3. The van der Waals surface area contributed by atoms with Gasteiger partial charge in [0.05, 0.1) is 37.6 Å². The van der Waals surface area contributed by atoms with Gasteiger partial charge in [0.15, 0.2) is 6.29 Å². The van der Waals surface area contributed by atoms with Crippen molar-refractivity contribution in [2.45, 2.75) is 95.3 Å². The zero-order valence-electron chi connectivity index (χ0n) is 20.6. The van der Waals surface area contributed by atoms with E-state index in [1.165, 1.54) is 0 Å². The molecule has 2 aliphatic heterocycles. The summed E-state index contributed by atoms with van der Waals surface area (Å²) in [5.41, 5.74) is 0. The number of aliphatic hydroxyl groups excluding tert-OH is 3. The molecule has 0 saturated carbocycles. The van der Waals surface area contributed by atoms with E-state index >= 15 is 0 Å². The number of aliphatic hydroxyl groups is 3. The fourth-order valence-electron chi connectivity index (χ4n) is 4.11. The van der Waals surface area contributed by atoms with Gasteiger partial charge in [0, 0.05) is 42.7 Å². The average molecular weight is 525 g/mol. The average Bonchev–Trinajstić information content (AvgIpc) is 2.78. The third kappa shape index (κ3) is 10.5. The number of hydrogen-bond acceptors (Lipinski definition) is 10. The molecule has 11 heteroatoms. The summed E-state index contributed by atoms with van der Waals surface area (Å²) in [5.74, 6) is 2.52. The summed E-state index contributed by atoms with van der Waals surface area (Å²) in [4.78, 5) is 12.4. The topological polar surface area (TPSA) is 130 Å². The number of thioether (sulfide) groups is 1. The van der Waals surface area contributed by atoms with Crippen molar-refractivity contribution in [3.8, 4) is 0 Å². The SMILES string of the molecule is CC(C)CC(=O)N[C@H](CSCC1CCC(O)[C@@H](O[C@H]2CC(O)COC2CO)O1)C(C)NCCS. The molecule has 0 aromatic rings. The predicted molar refractivity (Wildman–Crippen MR) is 136 cm³/mol. The van der Waals surface area contributed by atoms with Crippen LogP contribution in [0.3, 0.4) is 0 Å². The van der Waals surface area contributed by atoms with Crippen molar-refractivity contribution in [3.63, 3.8) is 0 Å². The Morgan fingerprint density at radius 2 is 2.03 bits per heavy atom. The molecule has 0 aliphatic carbocycles. The molecule has 0 aromatic heterocycles. The van der Waals surface area contributed by atoms with Crippen molar-refractivity contribution in [2.75, 3.05) is 37.0 Å². The van der Waals surface area contributed by atoms with Crippen molar-refractivity contribution in [1.29, 1.82) is 0 Å². The van der Waals surface area contributed by atoms with Crippen LogP contribution in [-0.4, -0.2) is 107 Å². The number of hydrogen-bond donors (Lipinski definition) is 6. The van der Waals surface area contributed by atoms with E-state index in [0.717, 1.165) is 18.1 Å². The molecule has 2 aliphatic rings. The van der Waals surface area contributed by atoms with E-state index in [1.807, 2.05) is 13.8 Å².